The van der Waals surface area contributed by atoms with Crippen LogP contribution in [0.2, 0.25) is 0 Å². The number of amides is 1. The molecule has 0 fully saturated rings. The highest BCUT2D eigenvalue weighted by Gasteiger charge is 2.32. The van der Waals surface area contributed by atoms with E-state index in [4.69, 9.17) is 0 Å². The number of aromatic nitrogens is 2. The van der Waals surface area contributed by atoms with Crippen molar-refractivity contribution in [2.75, 3.05) is 6.54 Å². The van der Waals surface area contributed by atoms with Gasteiger partial charge in [-0.15, -0.1) is 0 Å². The summed E-state index contributed by atoms with van der Waals surface area (Å²) in [5.41, 5.74) is 3.47. The number of carbonyl (C=O) groups is 1. The van der Waals surface area contributed by atoms with Gasteiger partial charge in [0, 0.05) is 60.8 Å². The first kappa shape index (κ1) is 26.2. The number of pyridine rings is 1. The van der Waals surface area contributed by atoms with Gasteiger partial charge in [0.05, 0.1) is 5.56 Å². The molecule has 5 rings (SSSR count). The van der Waals surface area contributed by atoms with Crippen molar-refractivity contribution in [3.63, 3.8) is 0 Å². The minimum atomic E-state index is -4.48. The topological polar surface area (TPSA) is 46.9 Å². The molecule has 4 nitrogen and oxygen atoms in total. The van der Waals surface area contributed by atoms with Gasteiger partial charge in [0.15, 0.2) is 0 Å². The van der Waals surface area contributed by atoms with Crippen molar-refractivity contribution >= 4 is 16.8 Å². The van der Waals surface area contributed by atoms with Crippen LogP contribution in [0.5, 0.6) is 0 Å². The molecule has 0 radical (unpaired) electrons. The summed E-state index contributed by atoms with van der Waals surface area (Å²) in [4.78, 5) is 17.4. The monoisotopic (exact) mass is 527 g/mol. The lowest BCUT2D eigenvalue weighted by Gasteiger charge is -2.19. The van der Waals surface area contributed by atoms with E-state index in [1.54, 1.807) is 12.3 Å². The molecule has 0 saturated carbocycles. The average Bonchev–Trinajstić information content (AvgIpc) is 3.30. The second kappa shape index (κ2) is 11.6. The number of fused-ring (bicyclic) bond motifs is 1. The Hall–Kier alpha value is -4.39. The number of alkyl halides is 3. The summed E-state index contributed by atoms with van der Waals surface area (Å²) < 4.78 is 43.0. The Labute approximate surface area is 225 Å². The fourth-order valence-electron chi connectivity index (χ4n) is 4.94. The Morgan fingerprint density at radius 3 is 2.44 bits per heavy atom. The van der Waals surface area contributed by atoms with E-state index in [9.17, 15) is 18.0 Å². The molecule has 0 aliphatic heterocycles. The van der Waals surface area contributed by atoms with Crippen molar-refractivity contribution < 1.29 is 18.0 Å². The average molecular weight is 528 g/mol. The zero-order chi connectivity index (χ0) is 27.2. The predicted molar refractivity (Wildman–Crippen MR) is 146 cm³/mol. The number of hydrogen-bond acceptors (Lipinski definition) is 2. The van der Waals surface area contributed by atoms with Gasteiger partial charge in [0.2, 0.25) is 5.91 Å². The first-order valence-electron chi connectivity index (χ1n) is 12.8. The lowest BCUT2D eigenvalue weighted by molar-refractivity contribution is -0.137. The van der Waals surface area contributed by atoms with E-state index in [0.717, 1.165) is 39.9 Å². The van der Waals surface area contributed by atoms with E-state index < -0.39 is 17.7 Å². The Morgan fingerprint density at radius 1 is 0.897 bits per heavy atom. The van der Waals surface area contributed by atoms with E-state index in [-0.39, 0.29) is 12.3 Å². The van der Waals surface area contributed by atoms with Crippen LogP contribution in [0.25, 0.3) is 10.9 Å². The van der Waals surface area contributed by atoms with Gasteiger partial charge < -0.3 is 9.88 Å². The summed E-state index contributed by atoms with van der Waals surface area (Å²) in [6, 6.07) is 28.7. The quantitative estimate of drug-likeness (QED) is 0.225. The lowest BCUT2D eigenvalue weighted by Crippen LogP contribution is -2.27. The van der Waals surface area contributed by atoms with E-state index in [1.165, 1.54) is 6.07 Å². The van der Waals surface area contributed by atoms with Gasteiger partial charge >= 0.3 is 6.18 Å². The summed E-state index contributed by atoms with van der Waals surface area (Å²) in [5.74, 6) is -0.794. The van der Waals surface area contributed by atoms with Crippen molar-refractivity contribution in [2.45, 2.75) is 31.5 Å². The third-order valence-electron chi connectivity index (χ3n) is 6.83. The summed E-state index contributed by atoms with van der Waals surface area (Å²) in [6.45, 7) is 0.994. The van der Waals surface area contributed by atoms with Gasteiger partial charge in [-0.05, 0) is 41.0 Å². The van der Waals surface area contributed by atoms with Crippen LogP contribution in [0.3, 0.4) is 0 Å². The van der Waals surface area contributed by atoms with Gasteiger partial charge in [-0.2, -0.15) is 13.2 Å². The highest BCUT2D eigenvalue weighted by molar-refractivity contribution is 5.87. The number of carbonyl (C=O) groups excluding carboxylic acids is 1. The third-order valence-corrected chi connectivity index (χ3v) is 6.83. The molecule has 1 N–H and O–H groups in total. The van der Waals surface area contributed by atoms with Gasteiger partial charge in [-0.25, -0.2) is 0 Å². The molecule has 0 aliphatic rings. The number of rotatable bonds is 9. The molecule has 1 atom stereocenters. The van der Waals surface area contributed by atoms with Gasteiger partial charge in [0.25, 0.3) is 0 Å². The Morgan fingerprint density at radius 2 is 1.67 bits per heavy atom. The van der Waals surface area contributed by atoms with Crippen LogP contribution in [0, 0.1) is 0 Å². The van der Waals surface area contributed by atoms with Crippen molar-refractivity contribution in [3.8, 4) is 0 Å². The lowest BCUT2D eigenvalue weighted by atomic mass is 9.87. The van der Waals surface area contributed by atoms with Gasteiger partial charge in [0.1, 0.15) is 0 Å². The van der Waals surface area contributed by atoms with Crippen molar-refractivity contribution in [3.05, 3.63) is 137 Å². The molecule has 2 heterocycles. The normalized spacial score (nSPS) is 12.4. The maximum absolute atomic E-state index is 13.6. The first-order valence-corrected chi connectivity index (χ1v) is 12.8. The van der Waals surface area contributed by atoms with Crippen LogP contribution in [-0.4, -0.2) is 22.0 Å². The highest BCUT2D eigenvalue weighted by Crippen LogP contribution is 2.38. The molecule has 0 spiro atoms. The van der Waals surface area contributed by atoms with Crippen molar-refractivity contribution in [1.29, 1.82) is 0 Å². The van der Waals surface area contributed by atoms with Crippen LogP contribution in [0.1, 0.15) is 40.3 Å². The molecule has 1 amide bonds. The fourth-order valence-corrected chi connectivity index (χ4v) is 4.94. The molecule has 198 valence electrons. The Balaban J connectivity index is 1.49. The number of nitrogens with one attached hydrogen (secondary N) is 1. The Kier molecular flexibility index (Phi) is 7.77. The molecule has 39 heavy (non-hydrogen) atoms. The minimum absolute atomic E-state index is 0.0167. The summed E-state index contributed by atoms with van der Waals surface area (Å²) in [7, 11) is 0. The first-order chi connectivity index (χ1) is 18.9. The van der Waals surface area contributed by atoms with Crippen molar-refractivity contribution in [2.24, 2.45) is 0 Å². The van der Waals surface area contributed by atoms with Crippen LogP contribution in [0.4, 0.5) is 13.2 Å². The van der Waals surface area contributed by atoms with Crippen LogP contribution >= 0.6 is 0 Å². The largest absolute Gasteiger partial charge is 0.416 e. The number of para-hydroxylation sites is 1. The maximum atomic E-state index is 13.6. The number of benzene rings is 3. The van der Waals surface area contributed by atoms with Crippen LogP contribution < -0.4 is 5.32 Å². The van der Waals surface area contributed by atoms with Crippen LogP contribution in [0.15, 0.2) is 109 Å². The molecular weight excluding hydrogens is 499 g/mol. The molecule has 2 aromatic heterocycles. The molecule has 5 aromatic rings. The highest BCUT2D eigenvalue weighted by atomic mass is 19.4. The number of halogens is 3. The minimum Gasteiger partial charge on any atom is -0.356 e. The smallest absolute Gasteiger partial charge is 0.356 e. The van der Waals surface area contributed by atoms with Crippen LogP contribution in [-0.2, 0) is 23.9 Å². The zero-order valence-corrected chi connectivity index (χ0v) is 21.2. The van der Waals surface area contributed by atoms with Crippen molar-refractivity contribution in [1.82, 2.24) is 14.9 Å². The van der Waals surface area contributed by atoms with Gasteiger partial charge in [-0.3, -0.25) is 9.78 Å². The molecule has 0 aliphatic carbocycles. The standard InChI is InChI=1S/C32H28F3N3O/c33-32(34,35)25-12-8-11-24(19-25)28(20-31(39)37-18-16-26-13-6-7-17-36-26)29-22-38(21-23-9-2-1-3-10-23)30-15-5-4-14-27(29)30/h1-15,17,19,22,28H,16,18,20-21H2,(H,37,39)/t28-/m1/s1. The predicted octanol–water partition coefficient (Wildman–Crippen LogP) is 6.98. The molecule has 0 bridgehead atoms. The van der Waals surface area contributed by atoms with E-state index in [2.05, 4.69) is 14.9 Å². The fraction of sp³-hybridized carbons (Fsp3) is 0.188. The maximum Gasteiger partial charge on any atom is 0.416 e. The SMILES string of the molecule is O=C(C[C@H](c1cccc(C(F)(F)F)c1)c1cn(Cc2ccccc2)c2ccccc12)NCCc1ccccn1. The summed E-state index contributed by atoms with van der Waals surface area (Å²) >= 11 is 0. The third kappa shape index (κ3) is 6.37. The van der Waals surface area contributed by atoms with E-state index in [0.29, 0.717) is 25.1 Å². The molecular formula is C32H28F3N3O. The molecule has 0 saturated heterocycles. The zero-order valence-electron chi connectivity index (χ0n) is 21.2. The van der Waals surface area contributed by atoms with Gasteiger partial charge in [-0.1, -0.05) is 72.8 Å². The second-order valence-electron chi connectivity index (χ2n) is 9.52. The molecule has 0 unspecified atom stereocenters. The number of hydrogen-bond donors (Lipinski definition) is 1. The second-order valence-corrected chi connectivity index (χ2v) is 9.52. The van der Waals surface area contributed by atoms with E-state index in [1.807, 2.05) is 79.0 Å². The summed E-state index contributed by atoms with van der Waals surface area (Å²) in [5, 5.41) is 3.85. The number of nitrogens with zero attached hydrogens (tertiary/aromatic N) is 2. The molecule has 3 aromatic carbocycles. The molecule has 7 heteroatoms. The summed E-state index contributed by atoms with van der Waals surface area (Å²) in [6.07, 6.45) is -0.220. The Bertz CT molecular complexity index is 1550. The van der Waals surface area contributed by atoms with E-state index >= 15 is 0 Å².